The minimum atomic E-state index is 0.149. The fourth-order valence-corrected chi connectivity index (χ4v) is 4.63. The van der Waals surface area contributed by atoms with E-state index in [0.717, 1.165) is 5.75 Å². The van der Waals surface area contributed by atoms with Crippen molar-refractivity contribution in [2.24, 2.45) is 0 Å². The number of thiophene rings is 1. The highest BCUT2D eigenvalue weighted by Gasteiger charge is 2.33. The molecule has 0 bridgehead atoms. The maximum Gasteiger partial charge on any atom is 0.233 e. The van der Waals surface area contributed by atoms with Crippen molar-refractivity contribution in [3.63, 3.8) is 0 Å². The van der Waals surface area contributed by atoms with Gasteiger partial charge in [0.1, 0.15) is 17.7 Å². The van der Waals surface area contributed by atoms with E-state index < -0.39 is 0 Å². The Kier molecular flexibility index (Phi) is 4.51. The molecule has 0 radical (unpaired) electrons. The third kappa shape index (κ3) is 3.41. The van der Waals surface area contributed by atoms with Crippen LogP contribution in [0.15, 0.2) is 42.5 Å². The van der Waals surface area contributed by atoms with Crippen LogP contribution in [0.25, 0.3) is 0 Å². The van der Waals surface area contributed by atoms with Crippen molar-refractivity contribution < 1.29 is 9.53 Å². The highest BCUT2D eigenvalue weighted by molar-refractivity contribution is 8.00. The van der Waals surface area contributed by atoms with Crippen molar-refractivity contribution in [1.82, 2.24) is 4.90 Å². The van der Waals surface area contributed by atoms with Gasteiger partial charge in [0.05, 0.1) is 12.3 Å². The number of para-hydroxylation sites is 1. The predicted molar refractivity (Wildman–Crippen MR) is 87.9 cm³/mol. The third-order valence-electron chi connectivity index (χ3n) is 3.32. The number of carbonyl (C=O) groups excluding carboxylic acids is 1. The van der Waals surface area contributed by atoms with Crippen LogP contribution >= 0.6 is 23.1 Å². The molecule has 110 valence electrons. The number of hydrogen-bond acceptors (Lipinski definition) is 4. The summed E-state index contributed by atoms with van der Waals surface area (Å²) < 4.78 is 5.71. The first-order valence-electron chi connectivity index (χ1n) is 6.89. The standard InChI is InChI=1S/C16H17NO2S2/c1-12-7-8-14(21-12)16-17(15(18)11-20-16)9-10-19-13-5-3-2-4-6-13/h2-8,16H,9-11H2,1H3. The van der Waals surface area contributed by atoms with Gasteiger partial charge in [-0.25, -0.2) is 0 Å². The van der Waals surface area contributed by atoms with Gasteiger partial charge in [0.25, 0.3) is 0 Å². The van der Waals surface area contributed by atoms with Crippen molar-refractivity contribution in [3.8, 4) is 5.75 Å². The van der Waals surface area contributed by atoms with Gasteiger partial charge in [0.15, 0.2) is 0 Å². The minimum absolute atomic E-state index is 0.149. The second-order valence-electron chi connectivity index (χ2n) is 4.86. The van der Waals surface area contributed by atoms with Gasteiger partial charge in [0.2, 0.25) is 5.91 Å². The summed E-state index contributed by atoms with van der Waals surface area (Å²) in [5.41, 5.74) is 0. The normalized spacial score (nSPS) is 18.2. The van der Waals surface area contributed by atoms with Crippen LogP contribution in [0.5, 0.6) is 5.75 Å². The molecule has 1 aromatic heterocycles. The fraction of sp³-hybridized carbons (Fsp3) is 0.312. The highest BCUT2D eigenvalue weighted by atomic mass is 32.2. The SMILES string of the molecule is Cc1ccc(C2SCC(=O)N2CCOc2ccccc2)s1. The zero-order chi connectivity index (χ0) is 14.7. The monoisotopic (exact) mass is 319 g/mol. The molecule has 1 aliphatic rings. The maximum atomic E-state index is 12.1. The zero-order valence-electron chi connectivity index (χ0n) is 11.8. The van der Waals surface area contributed by atoms with E-state index in [0.29, 0.717) is 18.9 Å². The molecule has 1 aliphatic heterocycles. The Balaban J connectivity index is 1.61. The highest BCUT2D eigenvalue weighted by Crippen LogP contribution is 2.41. The maximum absolute atomic E-state index is 12.1. The lowest BCUT2D eigenvalue weighted by atomic mass is 10.3. The molecule has 2 heterocycles. The Morgan fingerprint density at radius 2 is 2.05 bits per heavy atom. The minimum Gasteiger partial charge on any atom is -0.492 e. The molecular formula is C16H17NO2S2. The van der Waals surface area contributed by atoms with Crippen LogP contribution in [0.2, 0.25) is 0 Å². The molecule has 3 rings (SSSR count). The summed E-state index contributed by atoms with van der Waals surface area (Å²) in [5.74, 6) is 1.61. The third-order valence-corrected chi connectivity index (χ3v) is 5.76. The summed E-state index contributed by atoms with van der Waals surface area (Å²) in [7, 11) is 0. The average molecular weight is 319 g/mol. The Morgan fingerprint density at radius 3 is 2.76 bits per heavy atom. The number of aryl methyl sites for hydroxylation is 1. The van der Waals surface area contributed by atoms with E-state index >= 15 is 0 Å². The van der Waals surface area contributed by atoms with Crippen LogP contribution in [0.4, 0.5) is 0 Å². The molecule has 0 saturated carbocycles. The first-order chi connectivity index (χ1) is 10.2. The topological polar surface area (TPSA) is 29.5 Å². The van der Waals surface area contributed by atoms with Gasteiger partial charge in [-0.2, -0.15) is 0 Å². The lowest BCUT2D eigenvalue weighted by molar-refractivity contribution is -0.128. The molecule has 3 nitrogen and oxygen atoms in total. The van der Waals surface area contributed by atoms with Gasteiger partial charge < -0.3 is 9.64 Å². The summed E-state index contributed by atoms with van der Waals surface area (Å²) in [6, 6.07) is 14.0. The number of thioether (sulfide) groups is 1. The molecule has 21 heavy (non-hydrogen) atoms. The van der Waals surface area contributed by atoms with Crippen LogP contribution in [0.3, 0.4) is 0 Å². The predicted octanol–water partition coefficient (Wildman–Crippen LogP) is 3.71. The second kappa shape index (κ2) is 6.54. The summed E-state index contributed by atoms with van der Waals surface area (Å²) >= 11 is 3.47. The molecule has 0 N–H and O–H groups in total. The molecule has 0 spiro atoms. The number of amides is 1. The van der Waals surface area contributed by atoms with Crippen molar-refractivity contribution in [3.05, 3.63) is 52.2 Å². The molecule has 1 fully saturated rings. The summed E-state index contributed by atoms with van der Waals surface area (Å²) in [4.78, 5) is 16.5. The van der Waals surface area contributed by atoms with Gasteiger partial charge in [-0.15, -0.1) is 23.1 Å². The van der Waals surface area contributed by atoms with Gasteiger partial charge in [-0.05, 0) is 31.2 Å². The summed E-state index contributed by atoms with van der Waals surface area (Å²) in [6.07, 6.45) is 0. The first kappa shape index (κ1) is 14.5. The molecule has 5 heteroatoms. The fourth-order valence-electron chi connectivity index (χ4n) is 2.30. The van der Waals surface area contributed by atoms with E-state index in [9.17, 15) is 4.79 Å². The molecule has 1 atom stereocenters. The van der Waals surface area contributed by atoms with E-state index in [-0.39, 0.29) is 11.3 Å². The van der Waals surface area contributed by atoms with E-state index in [1.165, 1.54) is 9.75 Å². The van der Waals surface area contributed by atoms with Gasteiger partial charge in [-0.3, -0.25) is 4.79 Å². The smallest absolute Gasteiger partial charge is 0.233 e. The van der Waals surface area contributed by atoms with E-state index in [4.69, 9.17) is 4.74 Å². The van der Waals surface area contributed by atoms with Crippen LogP contribution in [0.1, 0.15) is 15.1 Å². The Hall–Kier alpha value is -1.46. The Morgan fingerprint density at radius 1 is 1.24 bits per heavy atom. The van der Waals surface area contributed by atoms with Gasteiger partial charge in [0, 0.05) is 9.75 Å². The molecule has 1 aromatic carbocycles. The molecule has 1 unspecified atom stereocenters. The number of ether oxygens (including phenoxy) is 1. The van der Waals surface area contributed by atoms with Crippen molar-refractivity contribution in [2.45, 2.75) is 12.3 Å². The van der Waals surface area contributed by atoms with Crippen LogP contribution < -0.4 is 4.74 Å². The average Bonchev–Trinajstić information content (AvgIpc) is 3.07. The number of carbonyl (C=O) groups is 1. The quantitative estimate of drug-likeness (QED) is 0.841. The van der Waals surface area contributed by atoms with Crippen molar-refractivity contribution >= 4 is 29.0 Å². The Labute approximate surface area is 132 Å². The number of hydrogen-bond donors (Lipinski definition) is 0. The van der Waals surface area contributed by atoms with Gasteiger partial charge >= 0.3 is 0 Å². The lowest BCUT2D eigenvalue weighted by Gasteiger charge is -2.23. The van der Waals surface area contributed by atoms with E-state index in [1.54, 1.807) is 23.1 Å². The second-order valence-corrected chi connectivity index (χ2v) is 7.25. The summed E-state index contributed by atoms with van der Waals surface area (Å²) in [6.45, 7) is 3.25. The van der Waals surface area contributed by atoms with Crippen LogP contribution in [-0.2, 0) is 4.79 Å². The lowest BCUT2D eigenvalue weighted by Crippen LogP contribution is -2.32. The molecule has 1 saturated heterocycles. The van der Waals surface area contributed by atoms with E-state index in [2.05, 4.69) is 19.1 Å². The molecule has 2 aromatic rings. The van der Waals surface area contributed by atoms with Crippen LogP contribution in [0, 0.1) is 6.92 Å². The number of nitrogens with zero attached hydrogens (tertiary/aromatic N) is 1. The zero-order valence-corrected chi connectivity index (χ0v) is 13.5. The molecule has 1 amide bonds. The van der Waals surface area contributed by atoms with Crippen molar-refractivity contribution in [2.75, 3.05) is 18.9 Å². The first-order valence-corrected chi connectivity index (χ1v) is 8.76. The summed E-state index contributed by atoms with van der Waals surface area (Å²) in [5, 5.41) is 0.149. The van der Waals surface area contributed by atoms with Crippen LogP contribution in [-0.4, -0.2) is 29.7 Å². The van der Waals surface area contributed by atoms with Crippen molar-refractivity contribution in [1.29, 1.82) is 0 Å². The largest absolute Gasteiger partial charge is 0.492 e. The van der Waals surface area contributed by atoms with E-state index in [1.807, 2.05) is 35.2 Å². The van der Waals surface area contributed by atoms with Gasteiger partial charge in [-0.1, -0.05) is 18.2 Å². The molecule has 0 aliphatic carbocycles. The Bertz CT molecular complexity index is 612. The molecular weight excluding hydrogens is 302 g/mol. The number of rotatable bonds is 5. The number of benzene rings is 1.